The third-order valence-corrected chi connectivity index (χ3v) is 3.95. The molecule has 0 aromatic carbocycles. The molecule has 0 aliphatic rings. The average Bonchev–Trinajstić information content (AvgIpc) is 3.06. The molecule has 1 unspecified atom stereocenters. The summed E-state index contributed by atoms with van der Waals surface area (Å²) in [6.45, 7) is 2.92. The first-order chi connectivity index (χ1) is 9.20. The van der Waals surface area contributed by atoms with Gasteiger partial charge in [-0.2, -0.15) is 11.3 Å². The number of aliphatic hydroxyl groups excluding tert-OH is 1. The average molecular weight is 297 g/mol. The molecule has 0 fully saturated rings. The third-order valence-electron chi connectivity index (χ3n) is 2.45. The molecule has 5 nitrogen and oxygen atoms in total. The van der Waals surface area contributed by atoms with Gasteiger partial charge in [-0.3, -0.25) is 4.79 Å². The summed E-state index contributed by atoms with van der Waals surface area (Å²) in [6.07, 6.45) is -0.679. The zero-order chi connectivity index (χ0) is 13.7. The second-order valence-corrected chi connectivity index (χ2v) is 5.49. The van der Waals surface area contributed by atoms with E-state index in [1.54, 1.807) is 5.38 Å². The Bertz CT molecular complexity index is 525. The first kappa shape index (κ1) is 14.0. The van der Waals surface area contributed by atoms with Crippen LogP contribution in [0.2, 0.25) is 0 Å². The molecule has 2 aromatic rings. The van der Waals surface area contributed by atoms with Gasteiger partial charge in [-0.1, -0.05) is 0 Å². The standard InChI is InChI=1S/C12H15N3O2S2/c1-2-13-12-15-9(7-19-12)11(17)14-5-10(16)8-3-4-18-6-8/h3-4,6-7,10,16H,2,5H2,1H3,(H,13,15)(H,14,17). The van der Waals surface area contributed by atoms with Gasteiger partial charge in [0.25, 0.3) is 5.91 Å². The van der Waals surface area contributed by atoms with Crippen molar-refractivity contribution >= 4 is 33.7 Å². The minimum atomic E-state index is -0.679. The summed E-state index contributed by atoms with van der Waals surface area (Å²) in [6, 6.07) is 1.84. The van der Waals surface area contributed by atoms with Gasteiger partial charge >= 0.3 is 0 Å². The molecule has 2 aromatic heterocycles. The highest BCUT2D eigenvalue weighted by Crippen LogP contribution is 2.17. The number of anilines is 1. The van der Waals surface area contributed by atoms with Crippen LogP contribution in [0.5, 0.6) is 0 Å². The summed E-state index contributed by atoms with van der Waals surface area (Å²) >= 11 is 2.91. The predicted molar refractivity (Wildman–Crippen MR) is 77.9 cm³/mol. The Morgan fingerprint density at radius 3 is 3.05 bits per heavy atom. The van der Waals surface area contributed by atoms with Crippen LogP contribution in [0.25, 0.3) is 0 Å². The molecule has 0 spiro atoms. The number of carbonyl (C=O) groups is 1. The van der Waals surface area contributed by atoms with Crippen LogP contribution in [-0.4, -0.2) is 29.1 Å². The first-order valence-corrected chi connectivity index (χ1v) is 7.70. The Balaban J connectivity index is 1.86. The molecule has 2 heterocycles. The number of carbonyl (C=O) groups excluding carboxylic acids is 1. The molecule has 0 bridgehead atoms. The van der Waals surface area contributed by atoms with Gasteiger partial charge in [0.2, 0.25) is 0 Å². The van der Waals surface area contributed by atoms with Gasteiger partial charge in [0.15, 0.2) is 5.13 Å². The molecule has 1 atom stereocenters. The van der Waals surface area contributed by atoms with Crippen LogP contribution in [0.4, 0.5) is 5.13 Å². The van der Waals surface area contributed by atoms with E-state index < -0.39 is 6.10 Å². The lowest BCUT2D eigenvalue weighted by molar-refractivity contribution is 0.0912. The van der Waals surface area contributed by atoms with E-state index in [-0.39, 0.29) is 12.5 Å². The van der Waals surface area contributed by atoms with Crippen LogP contribution in [-0.2, 0) is 0 Å². The number of aliphatic hydroxyl groups is 1. The van der Waals surface area contributed by atoms with Crippen LogP contribution in [0, 0.1) is 0 Å². The Hall–Kier alpha value is -1.44. The van der Waals surface area contributed by atoms with Gasteiger partial charge in [-0.25, -0.2) is 4.98 Å². The fourth-order valence-electron chi connectivity index (χ4n) is 1.47. The van der Waals surface area contributed by atoms with Gasteiger partial charge in [0, 0.05) is 18.5 Å². The number of hydrogen-bond acceptors (Lipinski definition) is 6. The molecular weight excluding hydrogens is 282 g/mol. The second kappa shape index (κ2) is 6.65. The normalized spacial score (nSPS) is 12.1. The number of thiophene rings is 1. The molecule has 7 heteroatoms. The maximum Gasteiger partial charge on any atom is 0.270 e. The van der Waals surface area contributed by atoms with Gasteiger partial charge in [0.05, 0.1) is 6.10 Å². The highest BCUT2D eigenvalue weighted by atomic mass is 32.1. The monoisotopic (exact) mass is 297 g/mol. The number of nitrogens with one attached hydrogen (secondary N) is 2. The Labute approximate surface area is 119 Å². The summed E-state index contributed by atoms with van der Waals surface area (Å²) in [4.78, 5) is 16.0. The number of thiazole rings is 1. The zero-order valence-electron chi connectivity index (χ0n) is 10.4. The maximum absolute atomic E-state index is 11.8. The molecule has 0 aliphatic carbocycles. The molecule has 2 rings (SSSR count). The van der Waals surface area contributed by atoms with Crippen molar-refractivity contribution in [2.75, 3.05) is 18.4 Å². The Morgan fingerprint density at radius 2 is 2.37 bits per heavy atom. The van der Waals surface area contributed by atoms with Crippen molar-refractivity contribution in [2.24, 2.45) is 0 Å². The number of hydrogen-bond donors (Lipinski definition) is 3. The minimum absolute atomic E-state index is 0.184. The van der Waals surface area contributed by atoms with Crippen LogP contribution < -0.4 is 10.6 Å². The number of amides is 1. The molecule has 0 saturated carbocycles. The van der Waals surface area contributed by atoms with Crippen molar-refractivity contribution < 1.29 is 9.90 Å². The SMILES string of the molecule is CCNc1nc(C(=O)NCC(O)c2ccsc2)cs1. The van der Waals surface area contributed by atoms with Gasteiger partial charge < -0.3 is 15.7 Å². The lowest BCUT2D eigenvalue weighted by atomic mass is 10.2. The van der Waals surface area contributed by atoms with E-state index in [0.29, 0.717) is 5.69 Å². The number of rotatable bonds is 6. The van der Waals surface area contributed by atoms with E-state index in [9.17, 15) is 9.90 Å². The smallest absolute Gasteiger partial charge is 0.270 e. The molecule has 3 N–H and O–H groups in total. The van der Waals surface area contributed by atoms with Crippen molar-refractivity contribution in [1.29, 1.82) is 0 Å². The van der Waals surface area contributed by atoms with E-state index in [2.05, 4.69) is 15.6 Å². The fraction of sp³-hybridized carbons (Fsp3) is 0.333. The summed E-state index contributed by atoms with van der Waals surface area (Å²) in [7, 11) is 0. The van der Waals surface area contributed by atoms with Crippen molar-refractivity contribution in [3.63, 3.8) is 0 Å². The van der Waals surface area contributed by atoms with Gasteiger partial charge in [0.1, 0.15) is 5.69 Å². The number of nitrogens with zero attached hydrogens (tertiary/aromatic N) is 1. The minimum Gasteiger partial charge on any atom is -0.387 e. The molecule has 19 heavy (non-hydrogen) atoms. The van der Waals surface area contributed by atoms with E-state index in [1.807, 2.05) is 23.8 Å². The largest absolute Gasteiger partial charge is 0.387 e. The maximum atomic E-state index is 11.8. The van der Waals surface area contributed by atoms with Crippen molar-refractivity contribution in [3.8, 4) is 0 Å². The van der Waals surface area contributed by atoms with Crippen molar-refractivity contribution in [3.05, 3.63) is 33.5 Å². The summed E-state index contributed by atoms with van der Waals surface area (Å²) in [5, 5.41) is 21.8. The summed E-state index contributed by atoms with van der Waals surface area (Å²) in [5.74, 6) is -0.269. The van der Waals surface area contributed by atoms with Gasteiger partial charge in [-0.05, 0) is 29.3 Å². The molecule has 102 valence electrons. The van der Waals surface area contributed by atoms with E-state index in [4.69, 9.17) is 0 Å². The fourth-order valence-corrected chi connectivity index (χ4v) is 2.94. The Morgan fingerprint density at radius 1 is 1.53 bits per heavy atom. The summed E-state index contributed by atoms with van der Waals surface area (Å²) in [5.41, 5.74) is 1.19. The molecule has 0 aliphatic heterocycles. The Kier molecular flexibility index (Phi) is 4.89. The molecule has 0 saturated heterocycles. The van der Waals surface area contributed by atoms with Crippen LogP contribution >= 0.6 is 22.7 Å². The van der Waals surface area contributed by atoms with Crippen LogP contribution in [0.3, 0.4) is 0 Å². The second-order valence-electron chi connectivity index (χ2n) is 3.85. The quantitative estimate of drug-likeness (QED) is 0.763. The van der Waals surface area contributed by atoms with Crippen molar-refractivity contribution in [2.45, 2.75) is 13.0 Å². The van der Waals surface area contributed by atoms with E-state index >= 15 is 0 Å². The van der Waals surface area contributed by atoms with E-state index in [1.165, 1.54) is 22.7 Å². The third kappa shape index (κ3) is 3.76. The van der Waals surface area contributed by atoms with Crippen molar-refractivity contribution in [1.82, 2.24) is 10.3 Å². The molecule has 0 radical (unpaired) electrons. The van der Waals surface area contributed by atoms with E-state index in [0.717, 1.165) is 17.2 Å². The number of aromatic nitrogens is 1. The van der Waals surface area contributed by atoms with Gasteiger partial charge in [-0.15, -0.1) is 11.3 Å². The lowest BCUT2D eigenvalue weighted by Crippen LogP contribution is -2.28. The lowest BCUT2D eigenvalue weighted by Gasteiger charge is -2.09. The first-order valence-electron chi connectivity index (χ1n) is 5.88. The van der Waals surface area contributed by atoms with Crippen LogP contribution in [0.15, 0.2) is 22.2 Å². The topological polar surface area (TPSA) is 74.2 Å². The van der Waals surface area contributed by atoms with Crippen LogP contribution in [0.1, 0.15) is 29.1 Å². The zero-order valence-corrected chi connectivity index (χ0v) is 12.1. The highest BCUT2D eigenvalue weighted by Gasteiger charge is 2.13. The predicted octanol–water partition coefficient (Wildman–Crippen LogP) is 2.10. The summed E-state index contributed by atoms with van der Waals surface area (Å²) < 4.78 is 0. The molecular formula is C12H15N3O2S2. The molecule has 1 amide bonds. The highest BCUT2D eigenvalue weighted by molar-refractivity contribution is 7.13.